The van der Waals surface area contributed by atoms with Crippen LogP contribution in [-0.4, -0.2) is 22.3 Å². The van der Waals surface area contributed by atoms with Gasteiger partial charge >= 0.3 is 0 Å². The van der Waals surface area contributed by atoms with Gasteiger partial charge in [-0.3, -0.25) is 4.21 Å². The Hall–Kier alpha value is -0.670. The zero-order valence-corrected chi connectivity index (χ0v) is 13.8. The number of hydrogen-bond donors (Lipinski definition) is 1. The molecule has 3 atom stereocenters. The van der Waals surface area contributed by atoms with E-state index in [1.807, 2.05) is 7.05 Å². The van der Waals surface area contributed by atoms with Gasteiger partial charge in [0, 0.05) is 27.8 Å². The number of benzene rings is 1. The maximum atomic E-state index is 12.4. The quantitative estimate of drug-likeness (QED) is 0.866. The molecule has 0 aliphatic carbocycles. The van der Waals surface area contributed by atoms with E-state index in [0.29, 0.717) is 11.7 Å². The molecule has 1 rings (SSSR count). The van der Waals surface area contributed by atoms with Crippen LogP contribution < -0.4 is 5.32 Å². The predicted octanol–water partition coefficient (Wildman–Crippen LogP) is 3.36. The molecule has 19 heavy (non-hydrogen) atoms. The number of rotatable bonds is 6. The molecule has 0 saturated carbocycles. The monoisotopic (exact) mass is 281 g/mol. The molecule has 3 heteroatoms. The second-order valence-corrected chi connectivity index (χ2v) is 7.54. The fraction of sp³-hybridized carbons (Fsp3) is 0.625. The maximum absolute atomic E-state index is 12.4. The van der Waals surface area contributed by atoms with Crippen molar-refractivity contribution in [1.29, 1.82) is 0 Å². The van der Waals surface area contributed by atoms with E-state index in [9.17, 15) is 4.21 Å². The van der Waals surface area contributed by atoms with Crippen LogP contribution >= 0.6 is 0 Å². The SMILES string of the molecule is CNC(CS(=O)C(C)C(C)C)c1cc(C)ccc1C. The molecule has 1 aromatic carbocycles. The fourth-order valence-corrected chi connectivity index (χ4v) is 3.67. The summed E-state index contributed by atoms with van der Waals surface area (Å²) in [5.74, 6) is 1.14. The van der Waals surface area contributed by atoms with E-state index in [2.05, 4.69) is 58.1 Å². The molecule has 108 valence electrons. The van der Waals surface area contributed by atoms with Gasteiger partial charge in [0.25, 0.3) is 0 Å². The lowest BCUT2D eigenvalue weighted by Crippen LogP contribution is -2.29. The Morgan fingerprint density at radius 2 is 1.84 bits per heavy atom. The molecule has 0 aromatic heterocycles. The summed E-state index contributed by atoms with van der Waals surface area (Å²) in [5.41, 5.74) is 3.79. The van der Waals surface area contributed by atoms with Gasteiger partial charge in [0.2, 0.25) is 0 Å². The molecule has 1 N–H and O–H groups in total. The lowest BCUT2D eigenvalue weighted by atomic mass is 10.0. The Balaban J connectivity index is 2.89. The summed E-state index contributed by atoms with van der Waals surface area (Å²) in [6.07, 6.45) is 0. The van der Waals surface area contributed by atoms with Gasteiger partial charge in [0.15, 0.2) is 0 Å². The average Bonchev–Trinajstić information content (AvgIpc) is 2.37. The van der Waals surface area contributed by atoms with E-state index in [4.69, 9.17) is 0 Å². The summed E-state index contributed by atoms with van der Waals surface area (Å²) in [5, 5.41) is 3.56. The first-order valence-electron chi connectivity index (χ1n) is 6.98. The van der Waals surface area contributed by atoms with Crippen molar-refractivity contribution in [1.82, 2.24) is 5.32 Å². The van der Waals surface area contributed by atoms with Crippen molar-refractivity contribution in [3.05, 3.63) is 34.9 Å². The van der Waals surface area contributed by atoms with Crippen LogP contribution in [0.4, 0.5) is 0 Å². The van der Waals surface area contributed by atoms with Crippen molar-refractivity contribution in [2.45, 2.75) is 45.9 Å². The van der Waals surface area contributed by atoms with Crippen LogP contribution in [0, 0.1) is 19.8 Å². The van der Waals surface area contributed by atoms with Crippen molar-refractivity contribution in [2.75, 3.05) is 12.8 Å². The fourth-order valence-electron chi connectivity index (χ4n) is 2.08. The summed E-state index contributed by atoms with van der Waals surface area (Å²) >= 11 is 0. The zero-order valence-electron chi connectivity index (χ0n) is 13.0. The molecular formula is C16H27NOS. The van der Waals surface area contributed by atoms with Crippen LogP contribution in [0.25, 0.3) is 0 Å². The number of hydrogen-bond acceptors (Lipinski definition) is 2. The predicted molar refractivity (Wildman–Crippen MR) is 85.0 cm³/mol. The van der Waals surface area contributed by atoms with Gasteiger partial charge in [-0.05, 0) is 37.9 Å². The van der Waals surface area contributed by atoms with E-state index >= 15 is 0 Å². The Morgan fingerprint density at radius 3 is 2.37 bits per heavy atom. The summed E-state index contributed by atoms with van der Waals surface area (Å²) in [4.78, 5) is 0. The molecule has 0 bridgehead atoms. The zero-order chi connectivity index (χ0) is 14.6. The summed E-state index contributed by atoms with van der Waals surface area (Å²) in [7, 11) is 1.15. The molecule has 0 saturated heterocycles. The first-order valence-corrected chi connectivity index (χ1v) is 8.36. The minimum atomic E-state index is -0.803. The van der Waals surface area contributed by atoms with Crippen LogP contribution in [0.5, 0.6) is 0 Å². The molecule has 2 nitrogen and oxygen atoms in total. The van der Waals surface area contributed by atoms with Crippen molar-refractivity contribution >= 4 is 10.8 Å². The molecule has 3 unspecified atom stereocenters. The van der Waals surface area contributed by atoms with Crippen molar-refractivity contribution < 1.29 is 4.21 Å². The maximum Gasteiger partial charge on any atom is 0.0437 e. The lowest BCUT2D eigenvalue weighted by molar-refractivity contribution is 0.589. The van der Waals surface area contributed by atoms with Gasteiger partial charge in [-0.25, -0.2) is 0 Å². The van der Waals surface area contributed by atoms with Gasteiger partial charge < -0.3 is 5.32 Å². The number of aryl methyl sites for hydroxylation is 2. The van der Waals surface area contributed by atoms with Crippen LogP contribution in [-0.2, 0) is 10.8 Å². The van der Waals surface area contributed by atoms with Crippen molar-refractivity contribution in [2.24, 2.45) is 5.92 Å². The van der Waals surface area contributed by atoms with Gasteiger partial charge in [0.05, 0.1) is 0 Å². The van der Waals surface area contributed by atoms with Gasteiger partial charge in [-0.15, -0.1) is 0 Å². The van der Waals surface area contributed by atoms with E-state index < -0.39 is 10.8 Å². The minimum absolute atomic E-state index is 0.168. The molecule has 0 aliphatic rings. The normalized spacial score (nSPS) is 16.4. The first kappa shape index (κ1) is 16.4. The molecule has 0 amide bonds. The number of nitrogens with one attached hydrogen (secondary N) is 1. The molecule has 0 fully saturated rings. The van der Waals surface area contributed by atoms with Crippen molar-refractivity contribution in [3.8, 4) is 0 Å². The third-order valence-electron chi connectivity index (χ3n) is 3.84. The topological polar surface area (TPSA) is 29.1 Å². The molecular weight excluding hydrogens is 254 g/mol. The second kappa shape index (κ2) is 7.20. The van der Waals surface area contributed by atoms with E-state index in [0.717, 1.165) is 0 Å². The third-order valence-corrected chi connectivity index (χ3v) is 5.88. The van der Waals surface area contributed by atoms with Crippen molar-refractivity contribution in [3.63, 3.8) is 0 Å². The first-order chi connectivity index (χ1) is 8.86. The summed E-state index contributed by atoms with van der Waals surface area (Å²) in [6.45, 7) is 10.6. The molecule has 0 spiro atoms. The smallest absolute Gasteiger partial charge is 0.0437 e. The van der Waals surface area contributed by atoms with E-state index in [1.165, 1.54) is 16.7 Å². The summed E-state index contributed by atoms with van der Waals surface area (Å²) in [6, 6.07) is 6.64. The van der Waals surface area contributed by atoms with Crippen LogP contribution in [0.15, 0.2) is 18.2 Å². The Labute approximate surface area is 120 Å². The third kappa shape index (κ3) is 4.43. The molecule has 0 radical (unpaired) electrons. The van der Waals surface area contributed by atoms with Crippen LogP contribution in [0.1, 0.15) is 43.5 Å². The lowest BCUT2D eigenvalue weighted by Gasteiger charge is -2.22. The Kier molecular flexibility index (Phi) is 6.21. The van der Waals surface area contributed by atoms with Crippen LogP contribution in [0.3, 0.4) is 0 Å². The summed E-state index contributed by atoms with van der Waals surface area (Å²) < 4.78 is 12.4. The highest BCUT2D eigenvalue weighted by molar-refractivity contribution is 7.85. The standard InChI is InChI=1S/C16H27NOS/c1-11(2)14(5)19(18)10-16(17-6)15-9-12(3)7-8-13(15)4/h7-9,11,14,16-17H,10H2,1-6H3. The molecule has 0 aliphatic heterocycles. The highest BCUT2D eigenvalue weighted by Gasteiger charge is 2.21. The van der Waals surface area contributed by atoms with Gasteiger partial charge in [-0.2, -0.15) is 0 Å². The molecule has 0 heterocycles. The Morgan fingerprint density at radius 1 is 1.21 bits per heavy atom. The average molecular weight is 281 g/mol. The Bertz CT molecular complexity index is 442. The molecule has 1 aromatic rings. The second-order valence-electron chi connectivity index (χ2n) is 5.70. The largest absolute Gasteiger partial charge is 0.312 e. The van der Waals surface area contributed by atoms with Crippen LogP contribution in [0.2, 0.25) is 0 Å². The van der Waals surface area contributed by atoms with E-state index in [-0.39, 0.29) is 11.3 Å². The van der Waals surface area contributed by atoms with Gasteiger partial charge in [0.1, 0.15) is 0 Å². The highest BCUT2D eigenvalue weighted by atomic mass is 32.2. The van der Waals surface area contributed by atoms with E-state index in [1.54, 1.807) is 0 Å². The highest BCUT2D eigenvalue weighted by Crippen LogP contribution is 2.22. The minimum Gasteiger partial charge on any atom is -0.312 e. The van der Waals surface area contributed by atoms with Gasteiger partial charge in [-0.1, -0.05) is 44.5 Å².